The molecule has 0 atom stereocenters. The summed E-state index contributed by atoms with van der Waals surface area (Å²) in [4.78, 5) is 11.8. The number of allylic oxidation sites excluding steroid dienone is 5. The first kappa shape index (κ1) is 13.7. The molecule has 1 nitrogen and oxygen atoms in total. The van der Waals surface area contributed by atoms with Crippen molar-refractivity contribution in [2.75, 3.05) is 0 Å². The maximum atomic E-state index is 11.8. The van der Waals surface area contributed by atoms with Crippen molar-refractivity contribution in [1.29, 1.82) is 0 Å². The van der Waals surface area contributed by atoms with E-state index in [2.05, 4.69) is 32.6 Å². The highest BCUT2D eigenvalue weighted by molar-refractivity contribution is 6.03. The molecule has 0 heterocycles. The summed E-state index contributed by atoms with van der Waals surface area (Å²) in [7, 11) is 0. The average molecular weight is 230 g/mol. The summed E-state index contributed by atoms with van der Waals surface area (Å²) in [6.07, 6.45) is 10.6. The third-order valence-electron chi connectivity index (χ3n) is 3.02. The molecule has 1 aliphatic rings. The van der Waals surface area contributed by atoms with Crippen LogP contribution in [0.4, 0.5) is 0 Å². The van der Waals surface area contributed by atoms with Gasteiger partial charge in [-0.2, -0.15) is 0 Å². The van der Waals surface area contributed by atoms with Gasteiger partial charge >= 0.3 is 0 Å². The highest BCUT2D eigenvalue weighted by Gasteiger charge is 2.12. The third kappa shape index (κ3) is 5.01. The van der Waals surface area contributed by atoms with Crippen LogP contribution in [0.5, 0.6) is 0 Å². The van der Waals surface area contributed by atoms with Gasteiger partial charge in [0.2, 0.25) is 0 Å². The van der Waals surface area contributed by atoms with Gasteiger partial charge in [0.05, 0.1) is 0 Å². The Hall–Kier alpha value is -1.33. The lowest BCUT2D eigenvalue weighted by atomic mass is 9.88. The van der Waals surface area contributed by atoms with Crippen molar-refractivity contribution in [3.05, 3.63) is 41.2 Å². The fourth-order valence-corrected chi connectivity index (χ4v) is 1.67. The Balaban J connectivity index is 3.01. The SMILES string of the molecule is CC1=C=CCC(C)(C)/C=C\C(=O)/C(C)=C/CC1. The van der Waals surface area contributed by atoms with Gasteiger partial charge in [-0.05, 0) is 61.8 Å². The van der Waals surface area contributed by atoms with Crippen LogP contribution in [0, 0.1) is 5.41 Å². The van der Waals surface area contributed by atoms with Gasteiger partial charge in [0.15, 0.2) is 5.78 Å². The predicted octanol–water partition coefficient (Wildman–Crippen LogP) is 4.37. The Labute approximate surface area is 105 Å². The Bertz CT molecular complexity index is 413. The fourth-order valence-electron chi connectivity index (χ4n) is 1.67. The van der Waals surface area contributed by atoms with Gasteiger partial charge in [-0.3, -0.25) is 4.79 Å². The lowest BCUT2D eigenvalue weighted by molar-refractivity contribution is -0.111. The Morgan fingerprint density at radius 3 is 2.71 bits per heavy atom. The second-order valence-electron chi connectivity index (χ2n) is 5.44. The van der Waals surface area contributed by atoms with Crippen molar-refractivity contribution in [2.45, 2.75) is 47.0 Å². The van der Waals surface area contributed by atoms with Gasteiger partial charge in [-0.15, -0.1) is 5.73 Å². The maximum Gasteiger partial charge on any atom is 0.180 e. The molecule has 0 aromatic heterocycles. The second-order valence-corrected chi connectivity index (χ2v) is 5.44. The molecule has 92 valence electrons. The van der Waals surface area contributed by atoms with Crippen molar-refractivity contribution in [2.24, 2.45) is 5.41 Å². The first-order chi connectivity index (χ1) is 7.91. The van der Waals surface area contributed by atoms with Crippen LogP contribution in [-0.4, -0.2) is 5.78 Å². The van der Waals surface area contributed by atoms with Crippen molar-refractivity contribution >= 4 is 5.78 Å². The molecule has 1 heteroatoms. The zero-order valence-corrected chi connectivity index (χ0v) is 11.3. The van der Waals surface area contributed by atoms with Gasteiger partial charge in [-0.25, -0.2) is 0 Å². The summed E-state index contributed by atoms with van der Waals surface area (Å²) in [5, 5.41) is 0. The molecule has 0 amide bonds. The number of hydrogen-bond acceptors (Lipinski definition) is 1. The zero-order valence-electron chi connectivity index (χ0n) is 11.3. The normalized spacial score (nSPS) is 26.2. The molecule has 0 spiro atoms. The first-order valence-electron chi connectivity index (χ1n) is 6.22. The molecule has 0 aromatic carbocycles. The Morgan fingerprint density at radius 2 is 2.00 bits per heavy atom. The van der Waals surface area contributed by atoms with E-state index in [0.29, 0.717) is 0 Å². The monoisotopic (exact) mass is 230 g/mol. The molecule has 0 saturated carbocycles. The van der Waals surface area contributed by atoms with Crippen LogP contribution in [0.3, 0.4) is 0 Å². The van der Waals surface area contributed by atoms with Crippen molar-refractivity contribution in [3.63, 3.8) is 0 Å². The van der Waals surface area contributed by atoms with Crippen LogP contribution >= 0.6 is 0 Å². The van der Waals surface area contributed by atoms with Crippen LogP contribution in [0.2, 0.25) is 0 Å². The summed E-state index contributed by atoms with van der Waals surface area (Å²) in [5.74, 6) is 0.129. The molecular weight excluding hydrogens is 208 g/mol. The summed E-state index contributed by atoms with van der Waals surface area (Å²) in [6, 6.07) is 0. The lowest BCUT2D eigenvalue weighted by Gasteiger charge is -2.17. The third-order valence-corrected chi connectivity index (χ3v) is 3.02. The van der Waals surface area contributed by atoms with E-state index in [-0.39, 0.29) is 11.2 Å². The molecule has 0 aromatic rings. The van der Waals surface area contributed by atoms with Crippen LogP contribution < -0.4 is 0 Å². The van der Waals surface area contributed by atoms with Crippen LogP contribution in [0.25, 0.3) is 0 Å². The van der Waals surface area contributed by atoms with E-state index in [0.717, 1.165) is 24.8 Å². The maximum absolute atomic E-state index is 11.8. The van der Waals surface area contributed by atoms with E-state index in [4.69, 9.17) is 0 Å². The topological polar surface area (TPSA) is 17.1 Å². The molecule has 0 bridgehead atoms. The number of carbonyl (C=O) groups is 1. The quantitative estimate of drug-likeness (QED) is 0.565. The number of hydrogen-bond donors (Lipinski definition) is 0. The molecular formula is C16H22O. The van der Waals surface area contributed by atoms with Gasteiger partial charge in [0, 0.05) is 0 Å². The number of rotatable bonds is 0. The van der Waals surface area contributed by atoms with E-state index < -0.39 is 0 Å². The molecule has 0 N–H and O–H groups in total. The van der Waals surface area contributed by atoms with E-state index in [1.807, 2.05) is 19.1 Å². The smallest absolute Gasteiger partial charge is 0.180 e. The summed E-state index contributed by atoms with van der Waals surface area (Å²) >= 11 is 0. The summed E-state index contributed by atoms with van der Waals surface area (Å²) in [5.41, 5.74) is 5.44. The second kappa shape index (κ2) is 5.84. The van der Waals surface area contributed by atoms with Gasteiger partial charge in [0.25, 0.3) is 0 Å². The van der Waals surface area contributed by atoms with E-state index in [1.54, 1.807) is 6.08 Å². The van der Waals surface area contributed by atoms with E-state index in [1.165, 1.54) is 5.57 Å². The fraction of sp³-hybridized carbons (Fsp3) is 0.500. The Morgan fingerprint density at radius 1 is 1.29 bits per heavy atom. The van der Waals surface area contributed by atoms with Gasteiger partial charge in [-0.1, -0.05) is 26.0 Å². The minimum absolute atomic E-state index is 0.0163. The molecule has 1 aliphatic carbocycles. The van der Waals surface area contributed by atoms with E-state index >= 15 is 0 Å². The molecule has 0 saturated heterocycles. The van der Waals surface area contributed by atoms with Crippen LogP contribution in [0.15, 0.2) is 41.2 Å². The average Bonchev–Trinajstić information content (AvgIpc) is 2.24. The highest BCUT2D eigenvalue weighted by Crippen LogP contribution is 2.23. The van der Waals surface area contributed by atoms with Crippen LogP contribution in [0.1, 0.15) is 47.0 Å². The molecule has 17 heavy (non-hydrogen) atoms. The molecule has 0 fully saturated rings. The Kier molecular flexibility index (Phi) is 4.72. The van der Waals surface area contributed by atoms with Gasteiger partial charge < -0.3 is 0 Å². The standard InChI is InChI=1S/C16H22O/c1-13-7-5-9-14(2)15(17)10-12-16(3,4)11-6-8-13/h6,9-10,12H,5,7,11H2,1-4H3/b12-10-,14-9+. The number of carbonyl (C=O) groups excluding carboxylic acids is 1. The molecule has 1 rings (SSSR count). The number of ketones is 1. The molecule has 0 unspecified atom stereocenters. The van der Waals surface area contributed by atoms with Gasteiger partial charge in [0.1, 0.15) is 0 Å². The van der Waals surface area contributed by atoms with E-state index in [9.17, 15) is 4.79 Å². The highest BCUT2D eigenvalue weighted by atomic mass is 16.1. The summed E-state index contributed by atoms with van der Waals surface area (Å²) < 4.78 is 0. The van der Waals surface area contributed by atoms with Crippen molar-refractivity contribution in [1.82, 2.24) is 0 Å². The van der Waals surface area contributed by atoms with Crippen LogP contribution in [-0.2, 0) is 4.79 Å². The van der Waals surface area contributed by atoms with Crippen molar-refractivity contribution < 1.29 is 4.79 Å². The molecule has 0 aliphatic heterocycles. The lowest BCUT2D eigenvalue weighted by Crippen LogP contribution is -2.07. The first-order valence-corrected chi connectivity index (χ1v) is 6.22. The minimum atomic E-state index is 0.0163. The summed E-state index contributed by atoms with van der Waals surface area (Å²) in [6.45, 7) is 8.25. The molecule has 0 radical (unpaired) electrons. The van der Waals surface area contributed by atoms with Crippen molar-refractivity contribution in [3.8, 4) is 0 Å². The minimum Gasteiger partial charge on any atom is -0.290 e. The predicted molar refractivity (Wildman–Crippen MR) is 72.8 cm³/mol. The zero-order chi connectivity index (χ0) is 12.9. The largest absolute Gasteiger partial charge is 0.290 e.